The number of hydrogen-bond donors (Lipinski definition) is 2. The molecule has 2 aromatic rings. The third-order valence-corrected chi connectivity index (χ3v) is 4.67. The van der Waals surface area contributed by atoms with E-state index < -0.39 is 5.82 Å². The van der Waals surface area contributed by atoms with Gasteiger partial charge < -0.3 is 20.3 Å². The van der Waals surface area contributed by atoms with E-state index in [1.54, 1.807) is 48.3 Å². The number of rotatable bonds is 6. The first-order valence-corrected chi connectivity index (χ1v) is 9.32. The highest BCUT2D eigenvalue weighted by Crippen LogP contribution is 2.19. The molecular weight excluding hydrogens is 361 g/mol. The molecule has 7 heteroatoms. The zero-order chi connectivity index (χ0) is 19.9. The second-order valence-electron chi connectivity index (χ2n) is 6.53. The Morgan fingerprint density at radius 2 is 1.89 bits per heavy atom. The fraction of sp³-hybridized carbons (Fsp3) is 0.333. The van der Waals surface area contributed by atoms with Gasteiger partial charge in [0.1, 0.15) is 11.6 Å². The molecule has 0 radical (unpaired) electrons. The van der Waals surface area contributed by atoms with Crippen LogP contribution in [0.2, 0.25) is 0 Å². The van der Waals surface area contributed by atoms with Crippen LogP contribution in [0.25, 0.3) is 0 Å². The summed E-state index contributed by atoms with van der Waals surface area (Å²) in [6.45, 7) is 2.88. The molecule has 0 unspecified atom stereocenters. The smallest absolute Gasteiger partial charge is 0.256 e. The second-order valence-corrected chi connectivity index (χ2v) is 6.53. The number of carbonyl (C=O) groups excluding carboxylic acids is 2. The molecule has 0 saturated carbocycles. The first-order chi connectivity index (χ1) is 13.6. The molecular formula is C21H24FN3O3. The molecule has 1 saturated heterocycles. The SMILES string of the molecule is CNC(=O)c1ccccc1OCCc1ccc(F)c(C(=O)N2CCNCC2)c1. The van der Waals surface area contributed by atoms with E-state index >= 15 is 0 Å². The normalized spacial score (nSPS) is 13.9. The van der Waals surface area contributed by atoms with Crippen LogP contribution in [-0.2, 0) is 6.42 Å². The molecule has 2 amide bonds. The Morgan fingerprint density at radius 1 is 1.14 bits per heavy atom. The van der Waals surface area contributed by atoms with Crippen LogP contribution in [0.3, 0.4) is 0 Å². The van der Waals surface area contributed by atoms with Crippen LogP contribution in [0.5, 0.6) is 5.75 Å². The third kappa shape index (κ3) is 4.67. The molecule has 0 spiro atoms. The number of piperazine rings is 1. The van der Waals surface area contributed by atoms with Gasteiger partial charge in [0.05, 0.1) is 17.7 Å². The lowest BCUT2D eigenvalue weighted by molar-refractivity contribution is 0.0730. The summed E-state index contributed by atoms with van der Waals surface area (Å²) in [5.74, 6) is -0.535. The first-order valence-electron chi connectivity index (χ1n) is 9.32. The Hall–Kier alpha value is -2.93. The van der Waals surface area contributed by atoms with Crippen LogP contribution < -0.4 is 15.4 Å². The molecule has 28 heavy (non-hydrogen) atoms. The van der Waals surface area contributed by atoms with Crippen LogP contribution in [-0.4, -0.2) is 56.5 Å². The molecule has 1 fully saturated rings. The summed E-state index contributed by atoms with van der Waals surface area (Å²) in [5, 5.41) is 5.75. The highest BCUT2D eigenvalue weighted by atomic mass is 19.1. The number of benzene rings is 2. The Kier molecular flexibility index (Phi) is 6.60. The molecule has 0 bridgehead atoms. The van der Waals surface area contributed by atoms with Crippen LogP contribution in [0, 0.1) is 5.82 Å². The predicted molar refractivity (Wildman–Crippen MR) is 104 cm³/mol. The van der Waals surface area contributed by atoms with Gasteiger partial charge in [0.15, 0.2) is 0 Å². The fourth-order valence-electron chi connectivity index (χ4n) is 3.12. The molecule has 0 aliphatic carbocycles. The molecule has 3 rings (SSSR count). The second kappa shape index (κ2) is 9.32. The molecule has 0 atom stereocenters. The summed E-state index contributed by atoms with van der Waals surface area (Å²) in [6, 6.07) is 11.6. The van der Waals surface area contributed by atoms with E-state index in [0.29, 0.717) is 50.5 Å². The van der Waals surface area contributed by atoms with Gasteiger partial charge in [0, 0.05) is 39.6 Å². The van der Waals surface area contributed by atoms with Crippen molar-refractivity contribution in [3.8, 4) is 5.75 Å². The van der Waals surface area contributed by atoms with Crippen molar-refractivity contribution in [2.24, 2.45) is 0 Å². The summed E-state index contributed by atoms with van der Waals surface area (Å²) in [7, 11) is 1.56. The van der Waals surface area contributed by atoms with E-state index in [1.807, 2.05) is 0 Å². The summed E-state index contributed by atoms with van der Waals surface area (Å²) in [5.41, 5.74) is 1.35. The number of para-hydroxylation sites is 1. The van der Waals surface area contributed by atoms with Gasteiger partial charge in [-0.3, -0.25) is 9.59 Å². The molecule has 0 aromatic heterocycles. The van der Waals surface area contributed by atoms with E-state index in [-0.39, 0.29) is 17.4 Å². The van der Waals surface area contributed by atoms with Crippen molar-refractivity contribution in [3.05, 3.63) is 65.0 Å². The number of halogens is 1. The average Bonchev–Trinajstić information content (AvgIpc) is 2.75. The van der Waals surface area contributed by atoms with Gasteiger partial charge in [-0.25, -0.2) is 4.39 Å². The molecule has 6 nitrogen and oxygen atoms in total. The van der Waals surface area contributed by atoms with Gasteiger partial charge in [-0.05, 0) is 29.8 Å². The van der Waals surface area contributed by atoms with Gasteiger partial charge in [-0.1, -0.05) is 18.2 Å². The summed E-state index contributed by atoms with van der Waals surface area (Å²) in [6.07, 6.45) is 0.490. The van der Waals surface area contributed by atoms with E-state index in [0.717, 1.165) is 5.56 Å². The Bertz CT molecular complexity index is 851. The Morgan fingerprint density at radius 3 is 2.64 bits per heavy atom. The summed E-state index contributed by atoms with van der Waals surface area (Å²) < 4.78 is 20.0. The van der Waals surface area contributed by atoms with Crippen molar-refractivity contribution in [2.75, 3.05) is 39.8 Å². The van der Waals surface area contributed by atoms with Crippen LogP contribution in [0.15, 0.2) is 42.5 Å². The molecule has 2 aromatic carbocycles. The van der Waals surface area contributed by atoms with Crippen LogP contribution in [0.4, 0.5) is 4.39 Å². The van der Waals surface area contributed by atoms with Crippen molar-refractivity contribution in [3.63, 3.8) is 0 Å². The fourth-order valence-corrected chi connectivity index (χ4v) is 3.12. The van der Waals surface area contributed by atoms with E-state index in [4.69, 9.17) is 4.74 Å². The van der Waals surface area contributed by atoms with Gasteiger partial charge in [0.25, 0.3) is 11.8 Å². The number of ether oxygens (including phenoxy) is 1. The van der Waals surface area contributed by atoms with Gasteiger partial charge in [0.2, 0.25) is 0 Å². The van der Waals surface area contributed by atoms with Crippen LogP contribution >= 0.6 is 0 Å². The maximum Gasteiger partial charge on any atom is 0.256 e. The number of hydrogen-bond acceptors (Lipinski definition) is 4. The van der Waals surface area contributed by atoms with E-state index in [2.05, 4.69) is 10.6 Å². The standard InChI is InChI=1S/C21H24FN3O3/c1-23-20(26)16-4-2-3-5-19(16)28-13-8-15-6-7-18(22)17(14-15)21(27)25-11-9-24-10-12-25/h2-7,14,24H,8-13H2,1H3,(H,23,26). The van der Waals surface area contributed by atoms with Crippen molar-refractivity contribution in [1.82, 2.24) is 15.5 Å². The van der Waals surface area contributed by atoms with Gasteiger partial charge in [-0.15, -0.1) is 0 Å². The molecule has 1 heterocycles. The third-order valence-electron chi connectivity index (χ3n) is 4.67. The van der Waals surface area contributed by atoms with E-state index in [9.17, 15) is 14.0 Å². The lowest BCUT2D eigenvalue weighted by Crippen LogP contribution is -2.46. The summed E-state index contributed by atoms with van der Waals surface area (Å²) in [4.78, 5) is 26.2. The zero-order valence-electron chi connectivity index (χ0n) is 15.8. The highest BCUT2D eigenvalue weighted by molar-refractivity contribution is 5.96. The number of amides is 2. The minimum Gasteiger partial charge on any atom is -0.492 e. The maximum atomic E-state index is 14.2. The lowest BCUT2D eigenvalue weighted by atomic mass is 10.1. The van der Waals surface area contributed by atoms with Crippen molar-refractivity contribution >= 4 is 11.8 Å². The summed E-state index contributed by atoms with van der Waals surface area (Å²) >= 11 is 0. The minimum atomic E-state index is -0.516. The Labute approximate surface area is 163 Å². The van der Waals surface area contributed by atoms with Crippen molar-refractivity contribution < 1.29 is 18.7 Å². The largest absolute Gasteiger partial charge is 0.492 e. The molecule has 1 aliphatic rings. The Balaban J connectivity index is 1.66. The molecule has 2 N–H and O–H groups in total. The zero-order valence-corrected chi connectivity index (χ0v) is 15.8. The number of nitrogens with zero attached hydrogens (tertiary/aromatic N) is 1. The molecule has 1 aliphatic heterocycles. The topological polar surface area (TPSA) is 70.7 Å². The highest BCUT2D eigenvalue weighted by Gasteiger charge is 2.21. The van der Waals surface area contributed by atoms with Crippen LogP contribution in [0.1, 0.15) is 26.3 Å². The van der Waals surface area contributed by atoms with Crippen molar-refractivity contribution in [1.29, 1.82) is 0 Å². The quantitative estimate of drug-likeness (QED) is 0.796. The van der Waals surface area contributed by atoms with Gasteiger partial charge in [-0.2, -0.15) is 0 Å². The monoisotopic (exact) mass is 385 g/mol. The van der Waals surface area contributed by atoms with Gasteiger partial charge >= 0.3 is 0 Å². The predicted octanol–water partition coefficient (Wildman–Crippen LogP) is 1.85. The van der Waals surface area contributed by atoms with E-state index in [1.165, 1.54) is 6.07 Å². The minimum absolute atomic E-state index is 0.0881. The number of carbonyl (C=O) groups is 2. The average molecular weight is 385 g/mol. The van der Waals surface area contributed by atoms with Crippen molar-refractivity contribution in [2.45, 2.75) is 6.42 Å². The lowest BCUT2D eigenvalue weighted by Gasteiger charge is -2.27. The maximum absolute atomic E-state index is 14.2. The first kappa shape index (κ1) is 19.8. The number of nitrogens with one attached hydrogen (secondary N) is 2. The molecule has 148 valence electrons.